The van der Waals surface area contributed by atoms with Crippen molar-refractivity contribution in [2.75, 3.05) is 6.61 Å². The van der Waals surface area contributed by atoms with E-state index in [1.165, 1.54) is 0 Å². The number of hydrogen-bond acceptors (Lipinski definition) is 4. The van der Waals surface area contributed by atoms with Crippen LogP contribution in [0.2, 0.25) is 0 Å². The van der Waals surface area contributed by atoms with Crippen molar-refractivity contribution in [2.24, 2.45) is 5.92 Å². The average Bonchev–Trinajstić information content (AvgIpc) is 2.50. The van der Waals surface area contributed by atoms with E-state index in [1.807, 2.05) is 0 Å². The number of carbonyl (C=O) groups excluding carboxylic acids is 2. The van der Waals surface area contributed by atoms with E-state index in [9.17, 15) is 9.59 Å². The van der Waals surface area contributed by atoms with E-state index >= 15 is 0 Å². The molecule has 0 aliphatic rings. The Morgan fingerprint density at radius 3 is 2.64 bits per heavy atom. The smallest absolute Gasteiger partial charge is 0.273 e. The van der Waals surface area contributed by atoms with Crippen LogP contribution < -0.4 is 20.9 Å². The second-order valence-corrected chi connectivity index (χ2v) is 5.06. The number of nitrogens with one attached hydrogen (secondary N) is 3. The fraction of sp³-hybridized carbons (Fsp3) is 0.267. The van der Waals surface area contributed by atoms with E-state index in [0.29, 0.717) is 17.9 Å². The lowest BCUT2D eigenvalue weighted by molar-refractivity contribution is -0.122. The van der Waals surface area contributed by atoms with Crippen LogP contribution in [0, 0.1) is 5.92 Å². The highest BCUT2D eigenvalue weighted by Crippen LogP contribution is 2.17. The van der Waals surface area contributed by atoms with E-state index < -0.39 is 5.91 Å². The molecule has 1 aromatic rings. The van der Waals surface area contributed by atoms with Crippen LogP contribution in [0.3, 0.4) is 0 Å². The Morgan fingerprint density at radius 1 is 1.32 bits per heavy atom. The van der Waals surface area contributed by atoms with Gasteiger partial charge in [-0.15, -0.1) is 0 Å². The molecule has 3 N–H and O–H groups in total. The van der Waals surface area contributed by atoms with Crippen LogP contribution in [0.4, 0.5) is 0 Å². The van der Waals surface area contributed by atoms with Gasteiger partial charge in [0.15, 0.2) is 5.11 Å². The first kappa shape index (κ1) is 17.6. The Morgan fingerprint density at radius 2 is 2.00 bits per heavy atom. The summed E-state index contributed by atoms with van der Waals surface area (Å²) in [7, 11) is 0. The zero-order valence-electron chi connectivity index (χ0n) is 12.5. The summed E-state index contributed by atoms with van der Waals surface area (Å²) in [4.78, 5) is 23.6. The van der Waals surface area contributed by atoms with E-state index in [1.54, 1.807) is 44.2 Å². The summed E-state index contributed by atoms with van der Waals surface area (Å²) >= 11 is 4.92. The minimum absolute atomic E-state index is 0.0246. The number of rotatable bonds is 5. The van der Waals surface area contributed by atoms with Crippen LogP contribution in [0.5, 0.6) is 5.75 Å². The lowest BCUT2D eigenvalue weighted by Crippen LogP contribution is -2.49. The number of para-hydroxylation sites is 1. The van der Waals surface area contributed by atoms with Gasteiger partial charge in [0.2, 0.25) is 5.91 Å². The number of amides is 2. The normalized spacial score (nSPS) is 9.77. The highest BCUT2D eigenvalue weighted by atomic mass is 32.1. The summed E-state index contributed by atoms with van der Waals surface area (Å²) < 4.78 is 5.40. The third kappa shape index (κ3) is 5.53. The fourth-order valence-corrected chi connectivity index (χ4v) is 1.55. The third-order valence-corrected chi connectivity index (χ3v) is 2.74. The van der Waals surface area contributed by atoms with Crippen molar-refractivity contribution in [2.45, 2.75) is 13.8 Å². The summed E-state index contributed by atoms with van der Waals surface area (Å²) in [6.07, 6.45) is 1.59. The lowest BCUT2D eigenvalue weighted by atomic mass is 10.2. The molecule has 0 unspecified atom stereocenters. The van der Waals surface area contributed by atoms with E-state index in [4.69, 9.17) is 17.0 Å². The summed E-state index contributed by atoms with van der Waals surface area (Å²) in [5.41, 5.74) is 5.23. The summed E-state index contributed by atoms with van der Waals surface area (Å²) in [6, 6.07) is 6.77. The molecule has 0 aliphatic carbocycles. The molecule has 0 aromatic heterocycles. The molecule has 1 aromatic carbocycles. The van der Waals surface area contributed by atoms with Gasteiger partial charge >= 0.3 is 0 Å². The summed E-state index contributed by atoms with van der Waals surface area (Å²) in [5, 5.41) is 2.48. The first-order valence-corrected chi connectivity index (χ1v) is 7.10. The largest absolute Gasteiger partial charge is 0.489 e. The van der Waals surface area contributed by atoms with Gasteiger partial charge in [-0.25, -0.2) is 0 Å². The second-order valence-electron chi connectivity index (χ2n) is 4.65. The maximum Gasteiger partial charge on any atom is 0.273 e. The first-order valence-electron chi connectivity index (χ1n) is 6.69. The number of thiocarbonyl (C=S) groups is 1. The maximum atomic E-state index is 12.1. The SMILES string of the molecule is C=CCOc1ccccc1C(=O)NNC(=S)NC(=O)C(C)C. The first-order chi connectivity index (χ1) is 10.5. The molecule has 6 nitrogen and oxygen atoms in total. The highest BCUT2D eigenvalue weighted by molar-refractivity contribution is 7.80. The fourth-order valence-electron chi connectivity index (χ4n) is 1.40. The minimum atomic E-state index is -0.430. The number of benzene rings is 1. The quantitative estimate of drug-likeness (QED) is 0.435. The van der Waals surface area contributed by atoms with Gasteiger partial charge < -0.3 is 10.1 Å². The molecule has 0 aliphatic heterocycles. The number of carbonyl (C=O) groups is 2. The van der Waals surface area contributed by atoms with Gasteiger partial charge in [0.1, 0.15) is 12.4 Å². The predicted octanol–water partition coefficient (Wildman–Crippen LogP) is 1.54. The van der Waals surface area contributed by atoms with Gasteiger partial charge in [0.25, 0.3) is 5.91 Å². The second kappa shape index (κ2) is 8.78. The zero-order valence-corrected chi connectivity index (χ0v) is 13.3. The van der Waals surface area contributed by atoms with Gasteiger partial charge in [-0.1, -0.05) is 38.6 Å². The molecule has 0 atom stereocenters. The Bertz CT molecular complexity index is 573. The van der Waals surface area contributed by atoms with Crippen LogP contribution in [0.25, 0.3) is 0 Å². The van der Waals surface area contributed by atoms with E-state index in [-0.39, 0.29) is 16.9 Å². The van der Waals surface area contributed by atoms with Gasteiger partial charge in [0.05, 0.1) is 5.56 Å². The molecule has 7 heteroatoms. The molecule has 118 valence electrons. The molecule has 0 spiro atoms. The van der Waals surface area contributed by atoms with Crippen molar-refractivity contribution in [3.8, 4) is 5.75 Å². The monoisotopic (exact) mass is 321 g/mol. The Hall–Kier alpha value is -2.41. The van der Waals surface area contributed by atoms with Crippen molar-refractivity contribution in [3.63, 3.8) is 0 Å². The van der Waals surface area contributed by atoms with E-state index in [2.05, 4.69) is 22.7 Å². The lowest BCUT2D eigenvalue weighted by Gasteiger charge is -2.13. The summed E-state index contributed by atoms with van der Waals surface area (Å²) in [5.74, 6) is -0.440. The molecule has 0 saturated heterocycles. The maximum absolute atomic E-state index is 12.1. The molecule has 1 rings (SSSR count). The topological polar surface area (TPSA) is 79.5 Å². The Balaban J connectivity index is 2.60. The summed E-state index contributed by atoms with van der Waals surface area (Å²) in [6.45, 7) is 7.33. The van der Waals surface area contributed by atoms with E-state index in [0.717, 1.165) is 0 Å². The minimum Gasteiger partial charge on any atom is -0.489 e. The molecule has 0 radical (unpaired) electrons. The standard InChI is InChI=1S/C15H19N3O3S/c1-4-9-21-12-8-6-5-7-11(12)14(20)17-18-15(22)16-13(19)10(2)3/h4-8,10H,1,9H2,2-3H3,(H,17,20)(H2,16,18,19,22). The molecule has 0 heterocycles. The third-order valence-electron chi connectivity index (χ3n) is 2.54. The van der Waals surface area contributed by atoms with Gasteiger partial charge in [-0.05, 0) is 24.4 Å². The molecular weight excluding hydrogens is 302 g/mol. The number of hydrazine groups is 1. The Kier molecular flexibility index (Phi) is 7.04. The van der Waals surface area contributed by atoms with Crippen LogP contribution in [0.15, 0.2) is 36.9 Å². The van der Waals surface area contributed by atoms with Gasteiger partial charge in [0, 0.05) is 5.92 Å². The van der Waals surface area contributed by atoms with Crippen molar-refractivity contribution < 1.29 is 14.3 Å². The number of ether oxygens (including phenoxy) is 1. The molecule has 22 heavy (non-hydrogen) atoms. The van der Waals surface area contributed by atoms with Crippen molar-refractivity contribution in [1.82, 2.24) is 16.2 Å². The predicted molar refractivity (Wildman–Crippen MR) is 88.3 cm³/mol. The highest BCUT2D eigenvalue weighted by Gasteiger charge is 2.13. The zero-order chi connectivity index (χ0) is 16.5. The van der Waals surface area contributed by atoms with Crippen LogP contribution >= 0.6 is 12.2 Å². The molecule has 2 amide bonds. The van der Waals surface area contributed by atoms with Crippen LogP contribution in [-0.4, -0.2) is 23.5 Å². The molecule has 0 bridgehead atoms. The van der Waals surface area contributed by atoms with Crippen molar-refractivity contribution in [3.05, 3.63) is 42.5 Å². The van der Waals surface area contributed by atoms with Crippen LogP contribution in [0.1, 0.15) is 24.2 Å². The molecular formula is C15H19N3O3S. The number of hydrogen-bond donors (Lipinski definition) is 3. The molecule has 0 fully saturated rings. The Labute approximate surface area is 134 Å². The molecule has 0 saturated carbocycles. The van der Waals surface area contributed by atoms with Crippen LogP contribution in [-0.2, 0) is 4.79 Å². The van der Waals surface area contributed by atoms with Crippen molar-refractivity contribution >= 4 is 29.1 Å². The van der Waals surface area contributed by atoms with Gasteiger partial charge in [-0.3, -0.25) is 20.4 Å². The van der Waals surface area contributed by atoms with Gasteiger partial charge in [-0.2, -0.15) is 0 Å². The average molecular weight is 321 g/mol. The van der Waals surface area contributed by atoms with Crippen molar-refractivity contribution in [1.29, 1.82) is 0 Å².